The normalized spacial score (nSPS) is 20.2. The summed E-state index contributed by atoms with van der Waals surface area (Å²) in [5.41, 5.74) is 5.39. The third-order valence-corrected chi connectivity index (χ3v) is 3.56. The second kappa shape index (κ2) is 7.49. The van der Waals surface area contributed by atoms with E-state index in [2.05, 4.69) is 17.4 Å². The van der Waals surface area contributed by atoms with Crippen molar-refractivity contribution in [1.82, 2.24) is 5.32 Å². The Morgan fingerprint density at radius 2 is 2.12 bits per heavy atom. The van der Waals surface area contributed by atoms with E-state index in [-0.39, 0.29) is 0 Å². The minimum Gasteiger partial charge on any atom is -0.409 e. The number of hydrogen-bond donors (Lipinski definition) is 3. The summed E-state index contributed by atoms with van der Waals surface area (Å²) in [4.78, 5) is 0. The van der Waals surface area contributed by atoms with Crippen LogP contribution in [0.1, 0.15) is 51.9 Å². The van der Waals surface area contributed by atoms with E-state index < -0.39 is 0 Å². The number of nitrogens with two attached hydrogens (primary N) is 1. The van der Waals surface area contributed by atoms with Crippen molar-refractivity contribution in [3.8, 4) is 0 Å². The first-order valence-corrected chi connectivity index (χ1v) is 6.44. The van der Waals surface area contributed by atoms with E-state index in [1.807, 2.05) is 0 Å². The van der Waals surface area contributed by atoms with Gasteiger partial charge in [0.25, 0.3) is 0 Å². The fourth-order valence-corrected chi connectivity index (χ4v) is 2.43. The van der Waals surface area contributed by atoms with Gasteiger partial charge in [-0.15, -0.1) is 0 Å². The van der Waals surface area contributed by atoms with Crippen LogP contribution in [0.25, 0.3) is 0 Å². The third kappa shape index (κ3) is 4.84. The smallest absolute Gasteiger partial charge is 0.139 e. The standard InChI is InChI=1S/C12H25N3O/c1-10(11-6-2-3-7-11)14-9-5-4-8-12(13)15-16/h10-11,14,16H,2-9H2,1H3,(H2,13,15)/t10-/m0/s1. The molecule has 0 aromatic carbocycles. The maximum atomic E-state index is 8.37. The number of oxime groups is 1. The minimum atomic E-state index is 0.337. The number of nitrogens with zero attached hydrogens (tertiary/aromatic N) is 1. The summed E-state index contributed by atoms with van der Waals surface area (Å²) < 4.78 is 0. The number of nitrogens with one attached hydrogen (secondary N) is 1. The van der Waals surface area contributed by atoms with Crippen molar-refractivity contribution in [3.63, 3.8) is 0 Å². The first kappa shape index (κ1) is 13.3. The van der Waals surface area contributed by atoms with Crippen molar-refractivity contribution in [1.29, 1.82) is 0 Å². The molecule has 1 fully saturated rings. The Kier molecular flexibility index (Phi) is 6.23. The molecule has 1 aliphatic rings. The van der Waals surface area contributed by atoms with Crippen molar-refractivity contribution in [3.05, 3.63) is 0 Å². The average molecular weight is 227 g/mol. The van der Waals surface area contributed by atoms with Crippen LogP contribution >= 0.6 is 0 Å². The monoisotopic (exact) mass is 227 g/mol. The highest BCUT2D eigenvalue weighted by molar-refractivity contribution is 5.79. The summed E-state index contributed by atoms with van der Waals surface area (Å²) >= 11 is 0. The van der Waals surface area contributed by atoms with E-state index in [1.54, 1.807) is 0 Å². The highest BCUT2D eigenvalue weighted by Crippen LogP contribution is 2.27. The van der Waals surface area contributed by atoms with E-state index in [9.17, 15) is 0 Å². The van der Waals surface area contributed by atoms with Crippen molar-refractivity contribution in [2.75, 3.05) is 6.54 Å². The molecule has 0 aromatic rings. The molecule has 0 saturated heterocycles. The van der Waals surface area contributed by atoms with Gasteiger partial charge in [-0.1, -0.05) is 18.0 Å². The van der Waals surface area contributed by atoms with Gasteiger partial charge in [0.05, 0.1) is 0 Å². The predicted molar refractivity (Wildman–Crippen MR) is 66.7 cm³/mol. The number of hydrogen-bond acceptors (Lipinski definition) is 3. The van der Waals surface area contributed by atoms with Crippen LogP contribution in [0.4, 0.5) is 0 Å². The number of rotatable bonds is 7. The number of unbranched alkanes of at least 4 members (excludes halogenated alkanes) is 1. The zero-order valence-corrected chi connectivity index (χ0v) is 10.3. The van der Waals surface area contributed by atoms with Gasteiger partial charge in [-0.25, -0.2) is 0 Å². The Morgan fingerprint density at radius 1 is 1.44 bits per heavy atom. The quantitative estimate of drug-likeness (QED) is 0.205. The van der Waals surface area contributed by atoms with Gasteiger partial charge in [-0.05, 0) is 45.1 Å². The van der Waals surface area contributed by atoms with E-state index in [0.29, 0.717) is 18.3 Å². The van der Waals surface area contributed by atoms with Crippen LogP contribution in [0, 0.1) is 5.92 Å². The molecule has 94 valence electrons. The Bertz CT molecular complexity index is 212. The summed E-state index contributed by atoms with van der Waals surface area (Å²) in [5.74, 6) is 1.22. The van der Waals surface area contributed by atoms with Gasteiger partial charge in [0.15, 0.2) is 0 Å². The topological polar surface area (TPSA) is 70.6 Å². The fourth-order valence-electron chi connectivity index (χ4n) is 2.43. The first-order valence-electron chi connectivity index (χ1n) is 6.44. The SMILES string of the molecule is C[C@H](NCCCCC(N)=NO)C1CCCC1. The maximum absolute atomic E-state index is 8.37. The summed E-state index contributed by atoms with van der Waals surface area (Å²) in [6.45, 7) is 3.33. The summed E-state index contributed by atoms with van der Waals surface area (Å²) in [6.07, 6.45) is 8.35. The average Bonchev–Trinajstić information content (AvgIpc) is 2.81. The van der Waals surface area contributed by atoms with E-state index in [0.717, 1.165) is 25.3 Å². The molecule has 4 N–H and O–H groups in total. The molecule has 4 heteroatoms. The third-order valence-electron chi connectivity index (χ3n) is 3.56. The molecule has 1 atom stereocenters. The first-order chi connectivity index (χ1) is 7.74. The highest BCUT2D eigenvalue weighted by Gasteiger charge is 2.20. The molecule has 4 nitrogen and oxygen atoms in total. The van der Waals surface area contributed by atoms with Crippen LogP contribution in [0.15, 0.2) is 5.16 Å². The van der Waals surface area contributed by atoms with Crippen molar-refractivity contribution >= 4 is 5.84 Å². The van der Waals surface area contributed by atoms with Crippen LogP contribution in [0.3, 0.4) is 0 Å². The summed E-state index contributed by atoms with van der Waals surface area (Å²) in [7, 11) is 0. The lowest BCUT2D eigenvalue weighted by Crippen LogP contribution is -2.33. The molecule has 0 aliphatic heterocycles. The molecule has 16 heavy (non-hydrogen) atoms. The zero-order valence-electron chi connectivity index (χ0n) is 10.3. The van der Waals surface area contributed by atoms with Gasteiger partial charge in [-0.2, -0.15) is 0 Å². The summed E-state index contributed by atoms with van der Waals surface area (Å²) in [5, 5.41) is 14.9. The van der Waals surface area contributed by atoms with Gasteiger partial charge in [0.1, 0.15) is 5.84 Å². The summed E-state index contributed by atoms with van der Waals surface area (Å²) in [6, 6.07) is 0.645. The molecular formula is C12H25N3O. The van der Waals surface area contributed by atoms with Gasteiger partial charge in [0, 0.05) is 12.5 Å². The Balaban J connectivity index is 1.98. The lowest BCUT2D eigenvalue weighted by molar-refractivity contribution is 0.316. The fraction of sp³-hybridized carbons (Fsp3) is 0.917. The minimum absolute atomic E-state index is 0.337. The second-order valence-corrected chi connectivity index (χ2v) is 4.84. The molecule has 0 heterocycles. The van der Waals surface area contributed by atoms with Crippen molar-refractivity contribution in [2.45, 2.75) is 57.9 Å². The Labute approximate surface area is 98.3 Å². The molecule has 0 spiro atoms. The van der Waals surface area contributed by atoms with Crippen molar-refractivity contribution in [2.24, 2.45) is 16.8 Å². The highest BCUT2D eigenvalue weighted by atomic mass is 16.4. The van der Waals surface area contributed by atoms with E-state index >= 15 is 0 Å². The molecule has 1 saturated carbocycles. The maximum Gasteiger partial charge on any atom is 0.139 e. The van der Waals surface area contributed by atoms with Gasteiger partial charge < -0.3 is 16.3 Å². The van der Waals surface area contributed by atoms with Crippen LogP contribution < -0.4 is 11.1 Å². The molecular weight excluding hydrogens is 202 g/mol. The largest absolute Gasteiger partial charge is 0.409 e. The van der Waals surface area contributed by atoms with Crippen LogP contribution in [0.2, 0.25) is 0 Å². The predicted octanol–water partition coefficient (Wildman–Crippen LogP) is 2.07. The van der Waals surface area contributed by atoms with Crippen molar-refractivity contribution < 1.29 is 5.21 Å². The lowest BCUT2D eigenvalue weighted by atomic mass is 10.00. The zero-order chi connectivity index (χ0) is 11.8. The molecule has 1 rings (SSSR count). The van der Waals surface area contributed by atoms with E-state index in [1.165, 1.54) is 25.7 Å². The molecule has 0 unspecified atom stereocenters. The van der Waals surface area contributed by atoms with Crippen LogP contribution in [-0.4, -0.2) is 23.6 Å². The Hall–Kier alpha value is -0.770. The van der Waals surface area contributed by atoms with Gasteiger partial charge in [0.2, 0.25) is 0 Å². The molecule has 1 aliphatic carbocycles. The number of amidine groups is 1. The molecule has 0 bridgehead atoms. The molecule has 0 radical (unpaired) electrons. The second-order valence-electron chi connectivity index (χ2n) is 4.84. The Morgan fingerprint density at radius 3 is 2.75 bits per heavy atom. The molecule has 0 amide bonds. The van der Waals surface area contributed by atoms with E-state index in [4.69, 9.17) is 10.9 Å². The van der Waals surface area contributed by atoms with Gasteiger partial charge >= 0.3 is 0 Å². The lowest BCUT2D eigenvalue weighted by Gasteiger charge is -2.20. The van der Waals surface area contributed by atoms with Crippen LogP contribution in [0.5, 0.6) is 0 Å². The van der Waals surface area contributed by atoms with Crippen LogP contribution in [-0.2, 0) is 0 Å². The van der Waals surface area contributed by atoms with Gasteiger partial charge in [-0.3, -0.25) is 0 Å². The molecule has 0 aromatic heterocycles.